The molecule has 1 heterocycles. The Balaban J connectivity index is 1.71. The molecule has 0 unspecified atom stereocenters. The molecule has 0 atom stereocenters. The molecule has 2 fully saturated rings. The summed E-state index contributed by atoms with van der Waals surface area (Å²) in [6, 6.07) is 1.43. The first-order valence-corrected chi connectivity index (χ1v) is 9.47. The summed E-state index contributed by atoms with van der Waals surface area (Å²) in [7, 11) is 1.85. The fraction of sp³-hybridized carbons (Fsp3) is 0.944. The second kappa shape index (κ2) is 9.02. The minimum absolute atomic E-state index is 0.0966. The lowest BCUT2D eigenvalue weighted by molar-refractivity contribution is -0.00834. The summed E-state index contributed by atoms with van der Waals surface area (Å²) in [4.78, 5) is 9.46. The third-order valence-electron chi connectivity index (χ3n) is 5.12. The van der Waals surface area contributed by atoms with Gasteiger partial charge in [0.05, 0.1) is 13.2 Å². The molecule has 1 saturated heterocycles. The number of aliphatic imine (C=N–C) groups is 1. The number of morpholine rings is 1. The van der Waals surface area contributed by atoms with Gasteiger partial charge in [0.2, 0.25) is 0 Å². The van der Waals surface area contributed by atoms with Gasteiger partial charge in [-0.25, -0.2) is 0 Å². The van der Waals surface area contributed by atoms with Gasteiger partial charge in [0, 0.05) is 57.4 Å². The average molecular weight is 340 g/mol. The topological polar surface area (TPSA) is 52.1 Å². The highest BCUT2D eigenvalue weighted by Gasteiger charge is 2.30. The van der Waals surface area contributed by atoms with Crippen molar-refractivity contribution in [1.82, 2.24) is 20.4 Å². The maximum Gasteiger partial charge on any atom is 0.191 e. The predicted molar refractivity (Wildman–Crippen MR) is 101 cm³/mol. The Morgan fingerprint density at radius 3 is 2.46 bits per heavy atom. The van der Waals surface area contributed by atoms with Crippen LogP contribution in [-0.2, 0) is 4.74 Å². The molecule has 0 aromatic rings. The first kappa shape index (κ1) is 19.5. The Labute approximate surface area is 148 Å². The molecule has 6 nitrogen and oxygen atoms in total. The summed E-state index contributed by atoms with van der Waals surface area (Å²) < 4.78 is 5.46. The summed E-state index contributed by atoms with van der Waals surface area (Å²) >= 11 is 0. The number of hydrogen-bond donors (Lipinski definition) is 2. The van der Waals surface area contributed by atoms with Crippen LogP contribution in [0.25, 0.3) is 0 Å². The van der Waals surface area contributed by atoms with Gasteiger partial charge in [-0.1, -0.05) is 0 Å². The molecule has 0 aromatic carbocycles. The average Bonchev–Trinajstić information content (AvgIpc) is 3.39. The summed E-state index contributed by atoms with van der Waals surface area (Å²) in [5, 5.41) is 6.96. The molecule has 140 valence electrons. The fourth-order valence-corrected chi connectivity index (χ4v) is 3.37. The quantitative estimate of drug-likeness (QED) is 0.513. The minimum atomic E-state index is 0.0966. The van der Waals surface area contributed by atoms with Crippen molar-refractivity contribution >= 4 is 5.96 Å². The number of guanidine groups is 1. The van der Waals surface area contributed by atoms with Crippen LogP contribution in [0, 0.1) is 0 Å². The second-order valence-corrected chi connectivity index (χ2v) is 7.83. The van der Waals surface area contributed by atoms with Crippen LogP contribution >= 0.6 is 0 Å². The van der Waals surface area contributed by atoms with Crippen LogP contribution in [0.15, 0.2) is 4.99 Å². The number of ether oxygens (including phenoxy) is 1. The predicted octanol–water partition coefficient (Wildman–Crippen LogP) is 1.14. The highest BCUT2D eigenvalue weighted by Crippen LogP contribution is 2.27. The highest BCUT2D eigenvalue weighted by atomic mass is 16.5. The molecule has 1 saturated carbocycles. The van der Waals surface area contributed by atoms with Gasteiger partial charge in [-0.15, -0.1) is 0 Å². The van der Waals surface area contributed by atoms with Crippen LogP contribution in [0.2, 0.25) is 0 Å². The van der Waals surface area contributed by atoms with E-state index in [4.69, 9.17) is 4.74 Å². The highest BCUT2D eigenvalue weighted by molar-refractivity contribution is 5.79. The Morgan fingerprint density at radius 2 is 1.92 bits per heavy atom. The van der Waals surface area contributed by atoms with E-state index in [1.165, 1.54) is 12.8 Å². The Kier molecular flexibility index (Phi) is 7.32. The van der Waals surface area contributed by atoms with Crippen LogP contribution in [0.4, 0.5) is 0 Å². The normalized spacial score (nSPS) is 20.7. The molecular weight excluding hydrogens is 302 g/mol. The molecule has 0 aromatic heterocycles. The van der Waals surface area contributed by atoms with Crippen molar-refractivity contribution in [3.8, 4) is 0 Å². The molecule has 0 bridgehead atoms. The second-order valence-electron chi connectivity index (χ2n) is 7.83. The van der Waals surface area contributed by atoms with Crippen LogP contribution in [0.3, 0.4) is 0 Å². The zero-order valence-corrected chi connectivity index (χ0v) is 16.3. The number of hydrogen-bond acceptors (Lipinski definition) is 4. The van der Waals surface area contributed by atoms with Crippen molar-refractivity contribution in [3.63, 3.8) is 0 Å². The summed E-state index contributed by atoms with van der Waals surface area (Å²) in [5.41, 5.74) is 0.0966. The Bertz CT molecular complexity index is 398. The SMILES string of the molecule is CN=C(NCCN(C(C)C)C1CC1)NCC(C)(C)N1CCOCC1. The molecule has 1 aliphatic carbocycles. The largest absolute Gasteiger partial charge is 0.379 e. The van der Waals surface area contributed by atoms with Gasteiger partial charge in [0.1, 0.15) is 0 Å². The van der Waals surface area contributed by atoms with E-state index < -0.39 is 0 Å². The zero-order valence-electron chi connectivity index (χ0n) is 16.3. The van der Waals surface area contributed by atoms with Crippen molar-refractivity contribution < 1.29 is 4.74 Å². The van der Waals surface area contributed by atoms with E-state index in [1.807, 2.05) is 7.05 Å². The number of rotatable bonds is 8. The molecule has 0 spiro atoms. The third-order valence-corrected chi connectivity index (χ3v) is 5.12. The Morgan fingerprint density at radius 1 is 1.25 bits per heavy atom. The molecule has 0 radical (unpaired) electrons. The van der Waals surface area contributed by atoms with Crippen LogP contribution < -0.4 is 10.6 Å². The monoisotopic (exact) mass is 339 g/mol. The first-order valence-electron chi connectivity index (χ1n) is 9.47. The van der Waals surface area contributed by atoms with E-state index in [0.29, 0.717) is 6.04 Å². The lowest BCUT2D eigenvalue weighted by Crippen LogP contribution is -2.56. The van der Waals surface area contributed by atoms with E-state index in [9.17, 15) is 0 Å². The molecule has 2 N–H and O–H groups in total. The summed E-state index contributed by atoms with van der Waals surface area (Å²) in [6.45, 7) is 15.7. The van der Waals surface area contributed by atoms with E-state index in [0.717, 1.165) is 57.9 Å². The zero-order chi connectivity index (χ0) is 17.6. The van der Waals surface area contributed by atoms with E-state index in [1.54, 1.807) is 0 Å². The van der Waals surface area contributed by atoms with E-state index >= 15 is 0 Å². The van der Waals surface area contributed by atoms with Crippen molar-refractivity contribution in [2.45, 2.75) is 58.2 Å². The van der Waals surface area contributed by atoms with Crippen molar-refractivity contribution in [2.24, 2.45) is 4.99 Å². The van der Waals surface area contributed by atoms with Gasteiger partial charge in [-0.05, 0) is 40.5 Å². The van der Waals surface area contributed by atoms with Gasteiger partial charge in [0.15, 0.2) is 5.96 Å². The van der Waals surface area contributed by atoms with E-state index in [2.05, 4.69) is 53.1 Å². The number of nitrogens with zero attached hydrogens (tertiary/aromatic N) is 3. The smallest absolute Gasteiger partial charge is 0.191 e. The van der Waals surface area contributed by atoms with Gasteiger partial charge >= 0.3 is 0 Å². The van der Waals surface area contributed by atoms with Crippen molar-refractivity contribution in [2.75, 3.05) is 53.0 Å². The van der Waals surface area contributed by atoms with Crippen LogP contribution in [-0.4, -0.2) is 86.4 Å². The minimum Gasteiger partial charge on any atom is -0.379 e. The first-order chi connectivity index (χ1) is 11.4. The van der Waals surface area contributed by atoms with Gasteiger partial charge in [-0.3, -0.25) is 14.8 Å². The molecule has 0 amide bonds. The molecule has 24 heavy (non-hydrogen) atoms. The van der Waals surface area contributed by atoms with Crippen LogP contribution in [0.1, 0.15) is 40.5 Å². The Hall–Kier alpha value is -0.850. The van der Waals surface area contributed by atoms with E-state index in [-0.39, 0.29) is 5.54 Å². The lowest BCUT2D eigenvalue weighted by Gasteiger charge is -2.41. The van der Waals surface area contributed by atoms with Gasteiger partial charge in [0.25, 0.3) is 0 Å². The molecular formula is C18H37N5O. The molecule has 2 aliphatic rings. The van der Waals surface area contributed by atoms with Crippen molar-refractivity contribution in [3.05, 3.63) is 0 Å². The lowest BCUT2D eigenvalue weighted by atomic mass is 10.0. The fourth-order valence-electron chi connectivity index (χ4n) is 3.37. The maximum absolute atomic E-state index is 5.46. The molecule has 2 rings (SSSR count). The molecule has 6 heteroatoms. The van der Waals surface area contributed by atoms with Crippen LogP contribution in [0.5, 0.6) is 0 Å². The third kappa shape index (κ3) is 5.90. The van der Waals surface area contributed by atoms with Crippen molar-refractivity contribution in [1.29, 1.82) is 0 Å². The summed E-state index contributed by atoms with van der Waals surface area (Å²) in [5.74, 6) is 0.899. The summed E-state index contributed by atoms with van der Waals surface area (Å²) in [6.07, 6.45) is 2.72. The maximum atomic E-state index is 5.46. The molecule has 1 aliphatic heterocycles. The number of nitrogens with one attached hydrogen (secondary N) is 2. The van der Waals surface area contributed by atoms with Gasteiger partial charge in [-0.2, -0.15) is 0 Å². The van der Waals surface area contributed by atoms with Gasteiger partial charge < -0.3 is 15.4 Å². The standard InChI is InChI=1S/C18H37N5O/c1-15(2)23(16-6-7-16)9-8-20-17(19-5)21-14-18(3,4)22-10-12-24-13-11-22/h15-16H,6-14H2,1-5H3,(H2,19,20,21).